The maximum absolute atomic E-state index is 6.00. The Hall–Kier alpha value is -0.200. The lowest BCUT2D eigenvalue weighted by Gasteiger charge is -2.26. The molecule has 17 heavy (non-hydrogen) atoms. The summed E-state index contributed by atoms with van der Waals surface area (Å²) in [5.74, 6) is 0.453. The highest BCUT2D eigenvalue weighted by Crippen LogP contribution is 2.13. The van der Waals surface area contributed by atoms with Crippen LogP contribution in [0.1, 0.15) is 6.42 Å². The van der Waals surface area contributed by atoms with Crippen molar-refractivity contribution in [3.8, 4) is 0 Å². The molecule has 5 heteroatoms. The summed E-state index contributed by atoms with van der Waals surface area (Å²) < 4.78 is 15.6. The molecule has 0 amide bonds. The molecule has 0 radical (unpaired) electrons. The fourth-order valence-electron chi connectivity index (χ4n) is 2.08. The van der Waals surface area contributed by atoms with Crippen LogP contribution in [0.15, 0.2) is 0 Å². The van der Waals surface area contributed by atoms with Gasteiger partial charge >= 0.3 is 0 Å². The van der Waals surface area contributed by atoms with Gasteiger partial charge in [0.05, 0.1) is 19.8 Å². The van der Waals surface area contributed by atoms with Crippen LogP contribution in [0.3, 0.4) is 0 Å². The molecule has 0 saturated carbocycles. The fraction of sp³-hybridized carbons (Fsp3) is 1.00. The highest BCUT2D eigenvalue weighted by Gasteiger charge is 2.26. The summed E-state index contributed by atoms with van der Waals surface area (Å²) in [7, 11) is 3.47. The minimum absolute atomic E-state index is 0.183. The van der Waals surface area contributed by atoms with Gasteiger partial charge in [0.15, 0.2) is 0 Å². The summed E-state index contributed by atoms with van der Waals surface area (Å²) in [6.45, 7) is 6.01. The molecule has 0 aromatic heterocycles. The van der Waals surface area contributed by atoms with Crippen molar-refractivity contribution >= 4 is 0 Å². The molecule has 1 aliphatic rings. The first-order valence-corrected chi connectivity index (χ1v) is 6.31. The highest BCUT2D eigenvalue weighted by atomic mass is 16.5. The third-order valence-electron chi connectivity index (χ3n) is 3.17. The number of nitrogens with zero attached hydrogens (tertiary/aromatic N) is 1. The van der Waals surface area contributed by atoms with Crippen LogP contribution in [0.2, 0.25) is 0 Å². The molecule has 0 spiro atoms. The summed E-state index contributed by atoms with van der Waals surface area (Å²) >= 11 is 0. The Balaban J connectivity index is 2.27. The van der Waals surface area contributed by atoms with E-state index in [1.165, 1.54) is 0 Å². The molecule has 5 nitrogen and oxygen atoms in total. The van der Waals surface area contributed by atoms with Crippen LogP contribution < -0.4 is 5.73 Å². The Kier molecular flexibility index (Phi) is 7.72. The Bertz CT molecular complexity index is 193. The van der Waals surface area contributed by atoms with E-state index in [1.807, 2.05) is 0 Å². The number of nitrogens with two attached hydrogens (primary N) is 1. The molecule has 102 valence electrons. The van der Waals surface area contributed by atoms with Gasteiger partial charge in [0.2, 0.25) is 0 Å². The Morgan fingerprint density at radius 3 is 2.53 bits per heavy atom. The molecule has 2 atom stereocenters. The van der Waals surface area contributed by atoms with Crippen molar-refractivity contribution in [3.05, 3.63) is 0 Å². The van der Waals surface area contributed by atoms with Crippen LogP contribution >= 0.6 is 0 Å². The predicted octanol–water partition coefficient (Wildman–Crippen LogP) is -0.0550. The minimum atomic E-state index is 0.183. The fourth-order valence-corrected chi connectivity index (χ4v) is 2.08. The van der Waals surface area contributed by atoms with Crippen LogP contribution in [0, 0.1) is 5.92 Å². The molecule has 1 aliphatic heterocycles. The Labute approximate surface area is 104 Å². The number of rotatable bonds is 9. The van der Waals surface area contributed by atoms with Gasteiger partial charge in [0.1, 0.15) is 0 Å². The van der Waals surface area contributed by atoms with E-state index in [-0.39, 0.29) is 6.04 Å². The molecule has 2 unspecified atom stereocenters. The van der Waals surface area contributed by atoms with E-state index in [1.54, 1.807) is 14.2 Å². The molecule has 1 fully saturated rings. The van der Waals surface area contributed by atoms with Gasteiger partial charge < -0.3 is 24.8 Å². The lowest BCUT2D eigenvalue weighted by atomic mass is 10.0. The van der Waals surface area contributed by atoms with Gasteiger partial charge in [-0.3, -0.25) is 0 Å². The van der Waals surface area contributed by atoms with Crippen molar-refractivity contribution in [3.63, 3.8) is 0 Å². The van der Waals surface area contributed by atoms with E-state index in [2.05, 4.69) is 4.90 Å². The molecule has 0 aromatic carbocycles. The van der Waals surface area contributed by atoms with Crippen LogP contribution in [0.4, 0.5) is 0 Å². The highest BCUT2D eigenvalue weighted by molar-refractivity contribution is 4.80. The van der Waals surface area contributed by atoms with Crippen molar-refractivity contribution in [2.24, 2.45) is 11.7 Å². The van der Waals surface area contributed by atoms with Crippen LogP contribution in [0.5, 0.6) is 0 Å². The van der Waals surface area contributed by atoms with Gasteiger partial charge in [0.25, 0.3) is 0 Å². The van der Waals surface area contributed by atoms with Crippen molar-refractivity contribution in [2.75, 3.05) is 60.3 Å². The standard InChI is InChI=1S/C12H26N2O3/c1-15-6-3-4-14(5-7-16-2)8-11-9-17-10-12(11)13/h11-12H,3-10,13H2,1-2H3. The van der Waals surface area contributed by atoms with E-state index in [4.69, 9.17) is 19.9 Å². The zero-order valence-electron chi connectivity index (χ0n) is 11.1. The van der Waals surface area contributed by atoms with Gasteiger partial charge in [-0.05, 0) is 6.42 Å². The second-order valence-electron chi connectivity index (χ2n) is 4.60. The first kappa shape index (κ1) is 14.9. The maximum atomic E-state index is 6.00. The first-order chi connectivity index (χ1) is 8.27. The monoisotopic (exact) mass is 246 g/mol. The summed E-state index contributed by atoms with van der Waals surface area (Å²) in [6, 6.07) is 0.183. The van der Waals surface area contributed by atoms with E-state index < -0.39 is 0 Å². The largest absolute Gasteiger partial charge is 0.385 e. The summed E-state index contributed by atoms with van der Waals surface area (Å²) in [6.07, 6.45) is 1.04. The first-order valence-electron chi connectivity index (χ1n) is 6.31. The normalized spacial score (nSPS) is 24.7. The Morgan fingerprint density at radius 2 is 1.94 bits per heavy atom. The molecule has 1 heterocycles. The summed E-state index contributed by atoms with van der Waals surface area (Å²) in [5.41, 5.74) is 6.00. The second kappa shape index (κ2) is 8.83. The number of hydrogen-bond donors (Lipinski definition) is 1. The average Bonchev–Trinajstić information content (AvgIpc) is 2.72. The van der Waals surface area contributed by atoms with Gasteiger partial charge in [-0.25, -0.2) is 0 Å². The van der Waals surface area contributed by atoms with Gasteiger partial charge in [0, 0.05) is 52.4 Å². The molecule has 2 N–H and O–H groups in total. The molecular weight excluding hydrogens is 220 g/mol. The van der Waals surface area contributed by atoms with Crippen molar-refractivity contribution in [2.45, 2.75) is 12.5 Å². The lowest BCUT2D eigenvalue weighted by Crippen LogP contribution is -2.40. The van der Waals surface area contributed by atoms with E-state index in [9.17, 15) is 0 Å². The molecular formula is C12H26N2O3. The van der Waals surface area contributed by atoms with Crippen LogP contribution in [0.25, 0.3) is 0 Å². The average molecular weight is 246 g/mol. The third kappa shape index (κ3) is 5.79. The maximum Gasteiger partial charge on any atom is 0.0621 e. The number of hydrogen-bond acceptors (Lipinski definition) is 5. The molecule has 0 bridgehead atoms. The van der Waals surface area contributed by atoms with Crippen molar-refractivity contribution < 1.29 is 14.2 Å². The predicted molar refractivity (Wildman–Crippen MR) is 67.1 cm³/mol. The summed E-state index contributed by atoms with van der Waals surface area (Å²) in [4.78, 5) is 2.39. The van der Waals surface area contributed by atoms with Crippen molar-refractivity contribution in [1.29, 1.82) is 0 Å². The molecule has 1 saturated heterocycles. The van der Waals surface area contributed by atoms with Gasteiger partial charge in [-0.15, -0.1) is 0 Å². The quantitative estimate of drug-likeness (QED) is 0.578. The minimum Gasteiger partial charge on any atom is -0.385 e. The topological polar surface area (TPSA) is 57.0 Å². The molecule has 0 aliphatic carbocycles. The summed E-state index contributed by atoms with van der Waals surface area (Å²) in [5, 5.41) is 0. The number of ether oxygens (including phenoxy) is 3. The number of methoxy groups -OCH3 is 2. The molecule has 1 rings (SSSR count). The van der Waals surface area contributed by atoms with Crippen LogP contribution in [-0.4, -0.2) is 71.2 Å². The SMILES string of the molecule is COCCCN(CCOC)CC1COCC1N. The van der Waals surface area contributed by atoms with E-state index >= 15 is 0 Å². The smallest absolute Gasteiger partial charge is 0.0621 e. The van der Waals surface area contributed by atoms with Crippen LogP contribution in [-0.2, 0) is 14.2 Å². The second-order valence-corrected chi connectivity index (χ2v) is 4.60. The Morgan fingerprint density at radius 1 is 1.18 bits per heavy atom. The van der Waals surface area contributed by atoms with E-state index in [0.717, 1.165) is 45.9 Å². The zero-order valence-corrected chi connectivity index (χ0v) is 11.1. The van der Waals surface area contributed by atoms with E-state index in [0.29, 0.717) is 12.5 Å². The molecule has 0 aromatic rings. The van der Waals surface area contributed by atoms with Crippen molar-refractivity contribution in [1.82, 2.24) is 4.90 Å². The van der Waals surface area contributed by atoms with Gasteiger partial charge in [-0.1, -0.05) is 0 Å². The lowest BCUT2D eigenvalue weighted by molar-refractivity contribution is 0.116. The third-order valence-corrected chi connectivity index (χ3v) is 3.17. The zero-order chi connectivity index (χ0) is 12.5. The van der Waals surface area contributed by atoms with Gasteiger partial charge in [-0.2, -0.15) is 0 Å².